The Morgan fingerprint density at radius 2 is 1.60 bits per heavy atom. The van der Waals surface area contributed by atoms with E-state index in [-0.39, 0.29) is 30.2 Å². The predicted octanol–water partition coefficient (Wildman–Crippen LogP) is 8.28. The van der Waals surface area contributed by atoms with Crippen LogP contribution in [0.3, 0.4) is 0 Å². The molecule has 0 spiro atoms. The summed E-state index contributed by atoms with van der Waals surface area (Å²) >= 11 is 0. The third kappa shape index (κ3) is 5.39. The zero-order valence-electron chi connectivity index (χ0n) is 24.8. The highest BCUT2D eigenvalue weighted by molar-refractivity contribution is 6.13. The van der Waals surface area contributed by atoms with Gasteiger partial charge in [-0.05, 0) is 116 Å². The molecule has 8 rings (SSSR count). The molecule has 0 aromatic heterocycles. The highest BCUT2D eigenvalue weighted by atomic mass is 16.7. The molecular weight excluding hydrogens is 538 g/mol. The summed E-state index contributed by atoms with van der Waals surface area (Å²) in [4.78, 5) is 13.6. The summed E-state index contributed by atoms with van der Waals surface area (Å²) in [6.45, 7) is 1.96. The number of rotatable bonds is 9. The number of phenols is 1. The fraction of sp³-hybridized carbons (Fsp3) is 0.378. The van der Waals surface area contributed by atoms with E-state index >= 15 is 0 Å². The van der Waals surface area contributed by atoms with Gasteiger partial charge in [0.25, 0.3) is 5.91 Å². The van der Waals surface area contributed by atoms with Crippen LogP contribution >= 0.6 is 0 Å². The van der Waals surface area contributed by atoms with Crippen LogP contribution in [-0.2, 0) is 14.9 Å². The normalized spacial score (nSPS) is 24.7. The molecule has 4 aliphatic carbocycles. The van der Waals surface area contributed by atoms with Crippen molar-refractivity contribution < 1.29 is 24.1 Å². The van der Waals surface area contributed by atoms with Gasteiger partial charge in [0.05, 0.1) is 5.69 Å². The van der Waals surface area contributed by atoms with Gasteiger partial charge < -0.3 is 24.6 Å². The number of ether oxygens (including phenoxy) is 3. The minimum absolute atomic E-state index is 0.0559. The molecule has 6 heteroatoms. The molecule has 0 heterocycles. The Labute approximate surface area is 253 Å². The molecule has 2 N–H and O–H groups in total. The summed E-state index contributed by atoms with van der Waals surface area (Å²) in [6.07, 6.45) is 7.22. The Morgan fingerprint density at radius 1 is 0.930 bits per heavy atom. The number of nitrogens with one attached hydrogen (secondary N) is 1. The van der Waals surface area contributed by atoms with Gasteiger partial charge in [-0.2, -0.15) is 0 Å². The third-order valence-corrected chi connectivity index (χ3v) is 10.0. The number of benzene rings is 4. The second-order valence-electron chi connectivity index (χ2n) is 12.9. The van der Waals surface area contributed by atoms with E-state index in [0.29, 0.717) is 5.56 Å². The van der Waals surface area contributed by atoms with Crippen molar-refractivity contribution in [2.75, 3.05) is 19.2 Å². The van der Waals surface area contributed by atoms with Crippen LogP contribution in [0.15, 0.2) is 78.9 Å². The van der Waals surface area contributed by atoms with Crippen molar-refractivity contribution in [1.82, 2.24) is 0 Å². The highest BCUT2D eigenvalue weighted by Gasteiger charge is 2.52. The molecule has 43 heavy (non-hydrogen) atoms. The lowest BCUT2D eigenvalue weighted by molar-refractivity contribution is -0.150. The summed E-state index contributed by atoms with van der Waals surface area (Å²) in [6, 6.07) is 25.0. The van der Waals surface area contributed by atoms with Crippen LogP contribution < -0.4 is 10.1 Å². The molecule has 4 saturated carbocycles. The summed E-state index contributed by atoms with van der Waals surface area (Å²) in [5.74, 6) is 3.19. The molecule has 1 unspecified atom stereocenters. The molecule has 4 aromatic carbocycles. The molecule has 4 aliphatic rings. The van der Waals surface area contributed by atoms with Crippen molar-refractivity contribution in [1.29, 1.82) is 0 Å². The van der Waals surface area contributed by atoms with Crippen LogP contribution in [0.1, 0.15) is 61.4 Å². The number of hydrogen-bond acceptors (Lipinski definition) is 5. The van der Waals surface area contributed by atoms with Crippen LogP contribution in [0.25, 0.3) is 21.9 Å². The number of amides is 1. The molecule has 0 saturated heterocycles. The molecule has 0 radical (unpaired) electrons. The van der Waals surface area contributed by atoms with Gasteiger partial charge in [0.2, 0.25) is 0 Å². The van der Waals surface area contributed by atoms with Crippen LogP contribution in [0, 0.1) is 17.8 Å². The van der Waals surface area contributed by atoms with E-state index in [2.05, 4.69) is 23.5 Å². The predicted molar refractivity (Wildman–Crippen MR) is 168 cm³/mol. The first-order valence-electron chi connectivity index (χ1n) is 15.4. The summed E-state index contributed by atoms with van der Waals surface area (Å²) in [5.41, 5.74) is 4.47. The first kappa shape index (κ1) is 27.9. The number of methoxy groups -OCH3 is 1. The number of anilines is 1. The average Bonchev–Trinajstić information content (AvgIpc) is 3.01. The largest absolute Gasteiger partial charge is 0.508 e. The standard InChI is InChI=1S/C37H39NO5/c1-23(41-2)42-22-43-34-17-29-10-13-31(27-8-11-30(39)12-9-27)35(38-36(40)28-6-4-3-5-7-28)32(29)18-33(34)37-19-24-14-25(20-37)16-26(15-24)21-37/h3-13,17-18,23-26,39H,14-16,19-22H2,1-2H3,(H,38,40). The Kier molecular flexibility index (Phi) is 7.36. The quantitative estimate of drug-likeness (QED) is 0.196. The fourth-order valence-corrected chi connectivity index (χ4v) is 8.38. The van der Waals surface area contributed by atoms with Gasteiger partial charge in [-0.3, -0.25) is 4.79 Å². The Morgan fingerprint density at radius 3 is 2.26 bits per heavy atom. The first-order chi connectivity index (χ1) is 20.9. The van der Waals surface area contributed by atoms with Gasteiger partial charge in [-0.1, -0.05) is 42.5 Å². The van der Waals surface area contributed by atoms with Crippen molar-refractivity contribution in [3.8, 4) is 22.6 Å². The highest BCUT2D eigenvalue weighted by Crippen LogP contribution is 2.62. The molecule has 4 aromatic rings. The topological polar surface area (TPSA) is 77.0 Å². The lowest BCUT2D eigenvalue weighted by Gasteiger charge is -2.57. The molecular formula is C37H39NO5. The van der Waals surface area contributed by atoms with E-state index in [4.69, 9.17) is 14.2 Å². The molecule has 6 nitrogen and oxygen atoms in total. The number of carbonyl (C=O) groups is 1. The molecule has 222 valence electrons. The van der Waals surface area contributed by atoms with Crippen molar-refractivity contribution >= 4 is 22.4 Å². The summed E-state index contributed by atoms with van der Waals surface area (Å²) in [7, 11) is 1.62. The van der Waals surface area contributed by atoms with Crippen molar-refractivity contribution in [3.05, 3.63) is 90.0 Å². The van der Waals surface area contributed by atoms with Gasteiger partial charge in [0.15, 0.2) is 13.1 Å². The molecule has 0 aliphatic heterocycles. The van der Waals surface area contributed by atoms with Gasteiger partial charge in [0.1, 0.15) is 11.5 Å². The Hall–Kier alpha value is -3.87. The number of hydrogen-bond donors (Lipinski definition) is 2. The van der Waals surface area contributed by atoms with Crippen molar-refractivity contribution in [2.45, 2.75) is 57.2 Å². The average molecular weight is 578 g/mol. The van der Waals surface area contributed by atoms with E-state index in [0.717, 1.165) is 51.1 Å². The second-order valence-corrected chi connectivity index (χ2v) is 12.9. The minimum atomic E-state index is -0.365. The first-order valence-corrected chi connectivity index (χ1v) is 15.4. The second kappa shape index (κ2) is 11.3. The lowest BCUT2D eigenvalue weighted by Crippen LogP contribution is -2.48. The summed E-state index contributed by atoms with van der Waals surface area (Å²) < 4.78 is 17.5. The number of carbonyl (C=O) groups excluding carboxylic acids is 1. The maximum atomic E-state index is 13.6. The minimum Gasteiger partial charge on any atom is -0.508 e. The zero-order valence-corrected chi connectivity index (χ0v) is 24.8. The van der Waals surface area contributed by atoms with Crippen LogP contribution in [0.2, 0.25) is 0 Å². The van der Waals surface area contributed by atoms with Gasteiger partial charge in [-0.25, -0.2) is 0 Å². The molecule has 1 amide bonds. The SMILES string of the molecule is COC(C)OCOc1cc2ccc(-c3ccc(O)cc3)c(NC(=O)c3ccccc3)c2cc1C12CC3CC(CC(C3)C1)C2. The number of fused-ring (bicyclic) bond motifs is 1. The maximum absolute atomic E-state index is 13.6. The molecule has 4 bridgehead atoms. The Balaban J connectivity index is 1.39. The van der Waals surface area contributed by atoms with Crippen LogP contribution in [0.4, 0.5) is 5.69 Å². The van der Waals surface area contributed by atoms with E-state index < -0.39 is 0 Å². The van der Waals surface area contributed by atoms with Gasteiger partial charge in [0, 0.05) is 29.2 Å². The van der Waals surface area contributed by atoms with Crippen molar-refractivity contribution in [3.63, 3.8) is 0 Å². The maximum Gasteiger partial charge on any atom is 0.255 e. The number of aromatic hydroxyl groups is 1. The fourth-order valence-electron chi connectivity index (χ4n) is 8.38. The molecule has 1 atom stereocenters. The monoisotopic (exact) mass is 577 g/mol. The molecule has 4 fully saturated rings. The van der Waals surface area contributed by atoms with Crippen LogP contribution in [-0.4, -0.2) is 31.2 Å². The Bertz CT molecular complexity index is 1600. The van der Waals surface area contributed by atoms with Gasteiger partial charge in [-0.15, -0.1) is 0 Å². The van der Waals surface area contributed by atoms with Crippen LogP contribution in [0.5, 0.6) is 11.5 Å². The zero-order chi connectivity index (χ0) is 29.6. The van der Waals surface area contributed by atoms with Crippen molar-refractivity contribution in [2.24, 2.45) is 17.8 Å². The van der Waals surface area contributed by atoms with E-state index in [1.54, 1.807) is 19.2 Å². The lowest BCUT2D eigenvalue weighted by atomic mass is 9.48. The summed E-state index contributed by atoms with van der Waals surface area (Å²) in [5, 5.41) is 15.2. The van der Waals surface area contributed by atoms with Gasteiger partial charge >= 0.3 is 0 Å². The smallest absolute Gasteiger partial charge is 0.255 e. The van der Waals surface area contributed by atoms with E-state index in [1.807, 2.05) is 55.5 Å². The number of phenolic OH excluding ortho intramolecular Hbond substituents is 1. The third-order valence-electron chi connectivity index (χ3n) is 10.0. The van der Waals surface area contributed by atoms with E-state index in [1.165, 1.54) is 44.1 Å². The van der Waals surface area contributed by atoms with E-state index in [9.17, 15) is 9.90 Å².